The van der Waals surface area contributed by atoms with E-state index in [1.807, 2.05) is 29.5 Å². The smallest absolute Gasteiger partial charge is 0.260 e. The van der Waals surface area contributed by atoms with E-state index in [-0.39, 0.29) is 6.71 Å². The second-order valence-corrected chi connectivity index (χ2v) is 10.7. The molecule has 0 saturated carbocycles. The quantitative estimate of drug-likeness (QED) is 0.225. The Kier molecular flexibility index (Phi) is 4.04. The van der Waals surface area contributed by atoms with Crippen molar-refractivity contribution in [3.63, 3.8) is 0 Å². The molecule has 0 unspecified atom stereocenters. The number of ether oxygens (including phenoxy) is 2. The van der Waals surface area contributed by atoms with Crippen molar-refractivity contribution in [1.82, 2.24) is 0 Å². The minimum Gasteiger partial charge on any atom is -0.458 e. The molecule has 0 radical (unpaired) electrons. The molecule has 0 bridgehead atoms. The van der Waals surface area contributed by atoms with E-state index in [0.717, 1.165) is 28.5 Å². The van der Waals surface area contributed by atoms with Crippen LogP contribution in [0.3, 0.4) is 0 Å². The molecule has 0 aliphatic carbocycles. The minimum absolute atomic E-state index is 0.0833. The van der Waals surface area contributed by atoms with Gasteiger partial charge in [-0.25, -0.2) is 0 Å². The Balaban J connectivity index is 1.43. The monoisotopic (exact) mass is 482 g/mol. The molecule has 4 heterocycles. The SMILES string of the molecule is Cc1ccccc1-c1c2sc3cc4c(cc3c2cc[n+]1C)B1c2ccccc2Oc2cccc(c21)O4. The molecule has 0 saturated heterocycles. The first-order valence-corrected chi connectivity index (χ1v) is 13.0. The van der Waals surface area contributed by atoms with Crippen LogP contribution in [0, 0.1) is 6.92 Å². The topological polar surface area (TPSA) is 22.3 Å². The number of para-hydroxylation sites is 1. The van der Waals surface area contributed by atoms with Crippen LogP contribution in [0.5, 0.6) is 23.0 Å². The van der Waals surface area contributed by atoms with Crippen LogP contribution < -0.4 is 30.4 Å². The number of fused-ring (bicyclic) bond motifs is 7. The molecule has 4 aromatic carbocycles. The molecule has 8 rings (SSSR count). The van der Waals surface area contributed by atoms with Crippen molar-refractivity contribution in [1.29, 1.82) is 0 Å². The van der Waals surface area contributed by atoms with Gasteiger partial charge in [0.1, 0.15) is 34.7 Å². The zero-order valence-corrected chi connectivity index (χ0v) is 20.7. The van der Waals surface area contributed by atoms with Crippen LogP contribution in [-0.2, 0) is 7.05 Å². The van der Waals surface area contributed by atoms with Crippen molar-refractivity contribution in [3.8, 4) is 34.3 Å². The molecule has 0 atom stereocenters. The van der Waals surface area contributed by atoms with Gasteiger partial charge in [0.2, 0.25) is 5.69 Å². The summed E-state index contributed by atoms with van der Waals surface area (Å²) in [7, 11) is 2.14. The summed E-state index contributed by atoms with van der Waals surface area (Å²) in [5.41, 5.74) is 7.31. The average Bonchev–Trinajstić information content (AvgIpc) is 3.25. The number of benzene rings is 4. The van der Waals surface area contributed by atoms with Crippen LogP contribution in [0.25, 0.3) is 31.4 Å². The Morgan fingerprint density at radius 3 is 2.33 bits per heavy atom. The first-order valence-electron chi connectivity index (χ1n) is 12.2. The Morgan fingerprint density at radius 2 is 1.47 bits per heavy atom. The molecule has 0 amide bonds. The lowest BCUT2D eigenvalue weighted by molar-refractivity contribution is -0.659. The summed E-state index contributed by atoms with van der Waals surface area (Å²) < 4.78 is 17.6. The van der Waals surface area contributed by atoms with Gasteiger partial charge in [0.15, 0.2) is 6.20 Å². The van der Waals surface area contributed by atoms with Gasteiger partial charge >= 0.3 is 0 Å². The third-order valence-corrected chi connectivity index (χ3v) is 8.76. The zero-order chi connectivity index (χ0) is 24.0. The molecule has 2 aliphatic heterocycles. The zero-order valence-electron chi connectivity index (χ0n) is 19.9. The Bertz CT molecular complexity index is 1890. The molecule has 2 aliphatic rings. The van der Waals surface area contributed by atoms with E-state index >= 15 is 0 Å². The van der Waals surface area contributed by atoms with Gasteiger partial charge in [-0.15, -0.1) is 11.3 Å². The average molecular weight is 482 g/mol. The van der Waals surface area contributed by atoms with Crippen molar-refractivity contribution in [2.45, 2.75) is 6.92 Å². The molecule has 5 heteroatoms. The summed E-state index contributed by atoms with van der Waals surface area (Å²) in [6.45, 7) is 2.27. The molecular formula is C31H21BNO2S+. The number of aromatic nitrogens is 1. The highest BCUT2D eigenvalue weighted by atomic mass is 32.1. The molecule has 0 spiro atoms. The number of nitrogens with zero attached hydrogens (tertiary/aromatic N) is 1. The predicted octanol–water partition coefficient (Wildman–Crippen LogP) is 5.58. The van der Waals surface area contributed by atoms with Crippen LogP contribution in [0.4, 0.5) is 0 Å². The van der Waals surface area contributed by atoms with E-state index in [1.54, 1.807) is 0 Å². The summed E-state index contributed by atoms with van der Waals surface area (Å²) >= 11 is 1.85. The normalized spacial score (nSPS) is 13.1. The van der Waals surface area contributed by atoms with Crippen molar-refractivity contribution in [3.05, 3.63) is 96.7 Å². The lowest BCUT2D eigenvalue weighted by Crippen LogP contribution is -2.57. The Hall–Kier alpha value is -4.09. The largest absolute Gasteiger partial charge is 0.458 e. The van der Waals surface area contributed by atoms with E-state index in [4.69, 9.17) is 9.47 Å². The van der Waals surface area contributed by atoms with E-state index in [9.17, 15) is 0 Å². The summed E-state index contributed by atoms with van der Waals surface area (Å²) in [5.74, 6) is 3.62. The molecule has 3 nitrogen and oxygen atoms in total. The van der Waals surface area contributed by atoms with Gasteiger partial charge in [-0.05, 0) is 53.7 Å². The van der Waals surface area contributed by atoms with E-state index in [0.29, 0.717) is 0 Å². The maximum atomic E-state index is 6.52. The number of pyridine rings is 1. The van der Waals surface area contributed by atoms with Gasteiger partial charge in [-0.1, -0.05) is 48.5 Å². The number of thiophene rings is 1. The predicted molar refractivity (Wildman–Crippen MR) is 148 cm³/mol. The molecule has 6 aromatic rings. The van der Waals surface area contributed by atoms with Crippen LogP contribution >= 0.6 is 11.3 Å². The van der Waals surface area contributed by atoms with E-state index in [2.05, 4.69) is 91.5 Å². The van der Waals surface area contributed by atoms with E-state index in [1.165, 1.54) is 47.9 Å². The number of rotatable bonds is 1. The molecule has 36 heavy (non-hydrogen) atoms. The van der Waals surface area contributed by atoms with Crippen molar-refractivity contribution >= 4 is 54.6 Å². The number of aryl methyl sites for hydroxylation is 2. The van der Waals surface area contributed by atoms with Crippen LogP contribution in [0.1, 0.15) is 5.56 Å². The maximum Gasteiger partial charge on any atom is 0.260 e. The van der Waals surface area contributed by atoms with Gasteiger partial charge in [0, 0.05) is 27.0 Å². The Labute approximate surface area is 213 Å². The lowest BCUT2D eigenvalue weighted by Gasteiger charge is -2.32. The van der Waals surface area contributed by atoms with Gasteiger partial charge in [-0.2, -0.15) is 4.57 Å². The van der Waals surface area contributed by atoms with Crippen molar-refractivity contribution in [2.75, 3.05) is 0 Å². The molecule has 0 fully saturated rings. The fourth-order valence-electron chi connectivity index (χ4n) is 5.90. The Morgan fingerprint density at radius 1 is 0.722 bits per heavy atom. The fraction of sp³-hybridized carbons (Fsp3) is 0.0645. The molecule has 2 aromatic heterocycles. The first kappa shape index (κ1) is 20.1. The highest BCUT2D eigenvalue weighted by Gasteiger charge is 2.40. The fourth-order valence-corrected chi connectivity index (χ4v) is 7.20. The summed E-state index contributed by atoms with van der Waals surface area (Å²) in [6, 6.07) is 30.0. The summed E-state index contributed by atoms with van der Waals surface area (Å²) in [6.07, 6.45) is 2.18. The van der Waals surface area contributed by atoms with Gasteiger partial charge in [0.05, 0.1) is 5.56 Å². The van der Waals surface area contributed by atoms with Crippen LogP contribution in [-0.4, -0.2) is 6.71 Å². The van der Waals surface area contributed by atoms with Crippen LogP contribution in [0.15, 0.2) is 91.1 Å². The number of hydrogen-bond acceptors (Lipinski definition) is 3. The molecule has 0 N–H and O–H groups in total. The highest BCUT2D eigenvalue weighted by molar-refractivity contribution is 7.26. The van der Waals surface area contributed by atoms with Crippen molar-refractivity contribution in [2.24, 2.45) is 7.05 Å². The molecular weight excluding hydrogens is 461 g/mol. The van der Waals surface area contributed by atoms with E-state index < -0.39 is 0 Å². The number of hydrogen-bond donors (Lipinski definition) is 0. The summed E-state index contributed by atoms with van der Waals surface area (Å²) in [4.78, 5) is 0. The van der Waals surface area contributed by atoms with Gasteiger partial charge < -0.3 is 9.47 Å². The van der Waals surface area contributed by atoms with Gasteiger partial charge in [-0.3, -0.25) is 0 Å². The van der Waals surface area contributed by atoms with Crippen molar-refractivity contribution < 1.29 is 14.0 Å². The summed E-state index contributed by atoms with van der Waals surface area (Å²) in [5, 5.41) is 2.56. The third kappa shape index (κ3) is 2.66. The lowest BCUT2D eigenvalue weighted by atomic mass is 9.35. The first-order chi connectivity index (χ1) is 17.7. The highest BCUT2D eigenvalue weighted by Crippen LogP contribution is 2.42. The minimum atomic E-state index is 0.0833. The second-order valence-electron chi connectivity index (χ2n) is 9.66. The second kappa shape index (κ2) is 7.22. The van der Waals surface area contributed by atoms with Gasteiger partial charge in [0.25, 0.3) is 6.71 Å². The third-order valence-electron chi connectivity index (χ3n) is 7.59. The van der Waals surface area contributed by atoms with Crippen LogP contribution in [0.2, 0.25) is 0 Å². The standard InChI is InChI=1S/C31H21BNO2S/c1-18-8-3-4-9-19(18)30-31-20(14-15-33(30)2)21-16-23-27(17-28(21)36-31)35-26-13-7-12-25-29(26)32(23)22-10-5-6-11-24(22)34-25/h3-17H,1-2H3/q+1. The molecule has 170 valence electrons. The maximum absolute atomic E-state index is 6.52.